The van der Waals surface area contributed by atoms with Crippen molar-refractivity contribution >= 4 is 46.2 Å². The van der Waals surface area contributed by atoms with E-state index in [4.69, 9.17) is 4.98 Å². The Morgan fingerprint density at radius 3 is 2.55 bits per heavy atom. The Hall–Kier alpha value is -6.32. The molecule has 15 heteroatoms. The smallest absolute Gasteiger partial charge is 0.293 e. The summed E-state index contributed by atoms with van der Waals surface area (Å²) < 4.78 is 17.5. The van der Waals surface area contributed by atoms with Crippen molar-refractivity contribution in [2.75, 3.05) is 64.6 Å². The molecule has 9 rings (SSSR count). The van der Waals surface area contributed by atoms with Gasteiger partial charge >= 0.3 is 0 Å². The fourth-order valence-corrected chi connectivity index (χ4v) is 10.3. The van der Waals surface area contributed by atoms with Gasteiger partial charge in [-0.25, -0.2) is 14.4 Å². The second-order valence-electron chi connectivity index (χ2n) is 18.6. The van der Waals surface area contributed by atoms with Crippen molar-refractivity contribution in [1.29, 1.82) is 0 Å². The van der Waals surface area contributed by atoms with Crippen LogP contribution in [0.1, 0.15) is 66.5 Å². The van der Waals surface area contributed by atoms with E-state index in [9.17, 15) is 23.9 Å². The zero-order valence-electron chi connectivity index (χ0n) is 37.3. The second-order valence-corrected chi connectivity index (χ2v) is 18.6. The van der Waals surface area contributed by atoms with Gasteiger partial charge in [-0.05, 0) is 111 Å². The number of anilines is 6. The lowest BCUT2D eigenvalue weighted by molar-refractivity contribution is -0.111. The van der Waals surface area contributed by atoms with Crippen molar-refractivity contribution < 1.29 is 19.1 Å². The van der Waals surface area contributed by atoms with Gasteiger partial charge in [0.1, 0.15) is 17.3 Å². The molecule has 2 saturated heterocycles. The molecule has 6 heterocycles. The van der Waals surface area contributed by atoms with Crippen LogP contribution in [0.25, 0.3) is 11.3 Å². The van der Waals surface area contributed by atoms with Crippen LogP contribution < -0.4 is 30.9 Å². The summed E-state index contributed by atoms with van der Waals surface area (Å²) in [6.45, 7) is 17.1. The number of nitrogens with zero attached hydrogens (tertiary/aromatic N) is 8. The maximum atomic E-state index is 14.0. The number of piperazine rings is 1. The quantitative estimate of drug-likeness (QED) is 0.135. The summed E-state index contributed by atoms with van der Waals surface area (Å²) in [5, 5.41) is 17.0. The van der Waals surface area contributed by atoms with Gasteiger partial charge < -0.3 is 34.7 Å². The molecule has 2 amide bonds. The Bertz CT molecular complexity index is 2720. The fraction of sp³-hybridized carbons (Fsp3) is 0.408. The van der Waals surface area contributed by atoms with E-state index in [1.54, 1.807) is 49.5 Å². The van der Waals surface area contributed by atoms with Gasteiger partial charge in [0.2, 0.25) is 5.91 Å². The first-order chi connectivity index (χ1) is 30.7. The monoisotopic (exact) mass is 868 g/mol. The molecule has 3 aromatic heterocycles. The van der Waals surface area contributed by atoms with Crippen LogP contribution in [0.2, 0.25) is 0 Å². The number of aromatic nitrogens is 4. The molecule has 5 aromatic rings. The Morgan fingerprint density at radius 1 is 1.02 bits per heavy atom. The molecule has 0 bridgehead atoms. The molecule has 3 aliphatic heterocycles. The number of halogens is 1. The molecule has 64 heavy (non-hydrogen) atoms. The molecule has 0 saturated carbocycles. The number of hydrogen-bond donors (Lipinski definition) is 3. The molecule has 0 spiro atoms. The van der Waals surface area contributed by atoms with Crippen LogP contribution in [-0.2, 0) is 37.8 Å². The highest BCUT2D eigenvalue weighted by Gasteiger charge is 2.38. The average Bonchev–Trinajstić information content (AvgIpc) is 3.78. The van der Waals surface area contributed by atoms with E-state index < -0.39 is 6.61 Å². The van der Waals surface area contributed by atoms with Gasteiger partial charge in [-0.2, -0.15) is 0 Å². The van der Waals surface area contributed by atoms with Crippen molar-refractivity contribution in [2.24, 2.45) is 12.5 Å². The molecule has 1 aliphatic carbocycles. The minimum absolute atomic E-state index is 0.0444. The Morgan fingerprint density at radius 2 is 1.81 bits per heavy atom. The van der Waals surface area contributed by atoms with Gasteiger partial charge in [0.25, 0.3) is 11.5 Å². The third kappa shape index (κ3) is 8.06. The van der Waals surface area contributed by atoms with Crippen LogP contribution in [0.5, 0.6) is 0 Å². The maximum absolute atomic E-state index is 14.0. The lowest BCUT2D eigenvalue weighted by atomic mass is 9.90. The third-order valence-electron chi connectivity index (χ3n) is 13.6. The molecule has 3 N–H and O–H groups in total. The summed E-state index contributed by atoms with van der Waals surface area (Å²) >= 11 is 0. The standard InChI is InChI=1S/C49H57FN10O4/c1-7-44(62)53-39-24-33(8-11-41(39)58-19-18-57(27-31(58)3)34-13-16-56(17-14-34)35-9-10-38(50)30(2)22-35)52-45-48(64)55(6)28-40(54-45)36-12-15-51-46(37(36)29-61)60-21-20-59-42(47(60)63)23-32-25-49(4,5)26-43(32)59/h7-12,15,22-24,28,31,34,61H,1,13-14,16-21,25-27,29H2,2-6H3,(H,52,54)(H,53,62)/t31-/m0/s1. The van der Waals surface area contributed by atoms with Gasteiger partial charge in [0.05, 0.1) is 23.7 Å². The molecule has 0 radical (unpaired) electrons. The van der Waals surface area contributed by atoms with E-state index in [2.05, 4.69) is 62.2 Å². The van der Waals surface area contributed by atoms with Gasteiger partial charge in [-0.1, -0.05) is 20.4 Å². The van der Waals surface area contributed by atoms with E-state index in [0.717, 1.165) is 69.8 Å². The Balaban J connectivity index is 0.930. The first-order valence-electron chi connectivity index (χ1n) is 22.3. The van der Waals surface area contributed by atoms with Crippen LogP contribution in [0.15, 0.2) is 78.4 Å². The maximum Gasteiger partial charge on any atom is 0.293 e. The van der Waals surface area contributed by atoms with Crippen LogP contribution in [0.4, 0.5) is 38.8 Å². The number of amides is 2. The molecule has 2 fully saturated rings. The number of aliphatic hydroxyl groups is 1. The van der Waals surface area contributed by atoms with E-state index >= 15 is 0 Å². The molecule has 1 atom stereocenters. The van der Waals surface area contributed by atoms with E-state index in [1.807, 2.05) is 30.3 Å². The lowest BCUT2D eigenvalue weighted by Gasteiger charge is -2.47. The minimum atomic E-state index is -0.404. The average molecular weight is 869 g/mol. The first kappa shape index (κ1) is 43.0. The highest BCUT2D eigenvalue weighted by Crippen LogP contribution is 2.40. The molecule has 14 nitrogen and oxygen atoms in total. The van der Waals surface area contributed by atoms with Crippen molar-refractivity contribution in [1.82, 2.24) is 24.0 Å². The summed E-state index contributed by atoms with van der Waals surface area (Å²) in [5.74, 6) is -0.297. The Kier molecular flexibility index (Phi) is 11.4. The molecular weight excluding hydrogens is 812 g/mol. The summed E-state index contributed by atoms with van der Waals surface area (Å²) in [6.07, 6.45) is 8.33. The number of carbonyl (C=O) groups excluding carboxylic acids is 2. The highest BCUT2D eigenvalue weighted by molar-refractivity contribution is 6.06. The first-order valence-corrected chi connectivity index (χ1v) is 22.3. The van der Waals surface area contributed by atoms with E-state index in [0.29, 0.717) is 64.4 Å². The zero-order chi connectivity index (χ0) is 45.0. The molecule has 2 aromatic carbocycles. The van der Waals surface area contributed by atoms with Crippen molar-refractivity contribution in [2.45, 2.75) is 78.6 Å². The summed E-state index contributed by atoms with van der Waals surface area (Å²) in [4.78, 5) is 58.7. The molecule has 0 unspecified atom stereocenters. The van der Waals surface area contributed by atoms with Crippen LogP contribution in [0, 0.1) is 18.2 Å². The van der Waals surface area contributed by atoms with Crippen LogP contribution in [-0.4, -0.2) is 92.3 Å². The number of pyridine rings is 1. The number of piperidine rings is 1. The molecule has 4 aliphatic rings. The largest absolute Gasteiger partial charge is 0.392 e. The third-order valence-corrected chi connectivity index (χ3v) is 13.6. The van der Waals surface area contributed by atoms with Crippen LogP contribution in [0.3, 0.4) is 0 Å². The normalized spacial score (nSPS) is 18.8. The van der Waals surface area contributed by atoms with Gasteiger partial charge in [-0.15, -0.1) is 0 Å². The van der Waals surface area contributed by atoms with Crippen molar-refractivity contribution in [3.8, 4) is 11.3 Å². The zero-order valence-corrected chi connectivity index (χ0v) is 37.3. The number of benzene rings is 2. The number of aliphatic hydroxyl groups excluding tert-OH is 1. The summed E-state index contributed by atoms with van der Waals surface area (Å²) in [5.41, 5.74) is 7.94. The fourth-order valence-electron chi connectivity index (χ4n) is 10.3. The van der Waals surface area contributed by atoms with Gasteiger partial charge in [0, 0.05) is 106 Å². The second kappa shape index (κ2) is 17.0. The van der Waals surface area contributed by atoms with E-state index in [1.165, 1.54) is 21.9 Å². The number of hydrogen-bond acceptors (Lipinski definition) is 10. The number of aryl methyl sites for hydroxylation is 2. The van der Waals surface area contributed by atoms with Crippen molar-refractivity contribution in [3.63, 3.8) is 0 Å². The molecule has 334 valence electrons. The predicted octanol–water partition coefficient (Wildman–Crippen LogP) is 6.42. The lowest BCUT2D eigenvalue weighted by Crippen LogP contribution is -2.57. The van der Waals surface area contributed by atoms with Gasteiger partial charge in [-0.3, -0.25) is 24.2 Å². The number of carbonyl (C=O) groups is 2. The SMILES string of the molecule is C=CC(=O)Nc1cc(Nc2nc(-c3ccnc(N4CCn5c(cc6c5CC(C)(C)C6)C4=O)c3CO)cn(C)c2=O)ccc1N1CCN(C2CCN(c3ccc(F)c(C)c3)CC2)C[C@@H]1C. The van der Waals surface area contributed by atoms with Crippen LogP contribution >= 0.6 is 0 Å². The summed E-state index contributed by atoms with van der Waals surface area (Å²) in [6, 6.07) is 15.3. The number of rotatable bonds is 10. The summed E-state index contributed by atoms with van der Waals surface area (Å²) in [7, 11) is 1.64. The minimum Gasteiger partial charge on any atom is -0.392 e. The topological polar surface area (TPSA) is 144 Å². The predicted molar refractivity (Wildman–Crippen MR) is 249 cm³/mol. The van der Waals surface area contributed by atoms with Crippen molar-refractivity contribution in [3.05, 3.63) is 118 Å². The van der Waals surface area contributed by atoms with Gasteiger partial charge in [0.15, 0.2) is 5.82 Å². The van der Waals surface area contributed by atoms with E-state index in [-0.39, 0.29) is 40.5 Å². The molecular formula is C49H57FN10O4. The Labute approximate surface area is 373 Å². The highest BCUT2D eigenvalue weighted by atomic mass is 19.1. The number of fused-ring (bicyclic) bond motifs is 3. The number of nitrogens with one attached hydrogen (secondary N) is 2.